The highest BCUT2D eigenvalue weighted by atomic mass is 79.9. The molecule has 0 atom stereocenters. The van der Waals surface area contributed by atoms with Gasteiger partial charge in [-0.2, -0.15) is 0 Å². The fourth-order valence-electron chi connectivity index (χ4n) is 2.62. The lowest BCUT2D eigenvalue weighted by atomic mass is 9.81. The van der Waals surface area contributed by atoms with Crippen molar-refractivity contribution in [2.75, 3.05) is 0 Å². The van der Waals surface area contributed by atoms with Gasteiger partial charge in [0.05, 0.1) is 0 Å². The number of nitrogens with one attached hydrogen (secondary N) is 1. The maximum atomic E-state index is 12.3. The monoisotopic (exact) mass is 339 g/mol. The van der Waals surface area contributed by atoms with E-state index in [1.807, 2.05) is 6.92 Å². The summed E-state index contributed by atoms with van der Waals surface area (Å²) in [5.74, 6) is -1.25. The van der Waals surface area contributed by atoms with Crippen LogP contribution in [0.25, 0.3) is 0 Å². The van der Waals surface area contributed by atoms with Crippen molar-refractivity contribution in [3.8, 4) is 0 Å². The van der Waals surface area contributed by atoms with Crippen LogP contribution in [0.3, 0.4) is 0 Å². The average molecular weight is 340 g/mol. The van der Waals surface area contributed by atoms with Crippen molar-refractivity contribution < 1.29 is 14.7 Å². The molecule has 0 unspecified atom stereocenters. The second-order valence-electron chi connectivity index (χ2n) is 5.37. The Bertz CT molecular complexity index is 536. The first kappa shape index (κ1) is 15.0. The number of carbonyl (C=O) groups is 2. The number of carboxylic acid groups (broad SMARTS) is 1. The molecule has 4 nitrogen and oxygen atoms in total. The van der Waals surface area contributed by atoms with Crippen LogP contribution in [0.1, 0.15) is 48.0 Å². The molecule has 1 aromatic carbocycles. The number of carbonyl (C=O) groups excluding carboxylic acids is 1. The molecule has 5 heteroatoms. The summed E-state index contributed by atoms with van der Waals surface area (Å²) in [6.45, 7) is 1.90. The number of rotatable bonds is 3. The van der Waals surface area contributed by atoms with Crippen LogP contribution in [-0.2, 0) is 4.79 Å². The standard InChI is InChI=1S/C15H18BrNO3/c1-10-9-11(5-6-12(10)16)13(18)17-15(14(19)20)7-3-2-4-8-15/h5-6,9H,2-4,7-8H2,1H3,(H,17,18)(H,19,20). The molecular formula is C15H18BrNO3. The fourth-order valence-corrected chi connectivity index (χ4v) is 2.87. The lowest BCUT2D eigenvalue weighted by Crippen LogP contribution is -2.55. The van der Waals surface area contributed by atoms with Gasteiger partial charge in [0.25, 0.3) is 5.91 Å². The third-order valence-electron chi connectivity index (χ3n) is 3.89. The number of carboxylic acids is 1. The highest BCUT2D eigenvalue weighted by Gasteiger charge is 2.41. The van der Waals surface area contributed by atoms with Gasteiger partial charge in [-0.05, 0) is 43.5 Å². The third kappa shape index (κ3) is 3.03. The van der Waals surface area contributed by atoms with E-state index in [1.165, 1.54) is 0 Å². The van der Waals surface area contributed by atoms with Crippen molar-refractivity contribution >= 4 is 27.8 Å². The van der Waals surface area contributed by atoms with Crippen LogP contribution < -0.4 is 5.32 Å². The highest BCUT2D eigenvalue weighted by Crippen LogP contribution is 2.29. The van der Waals surface area contributed by atoms with Crippen LogP contribution >= 0.6 is 15.9 Å². The van der Waals surface area contributed by atoms with Crippen LogP contribution in [-0.4, -0.2) is 22.5 Å². The van der Waals surface area contributed by atoms with Crippen molar-refractivity contribution in [1.29, 1.82) is 0 Å². The Balaban J connectivity index is 2.20. The topological polar surface area (TPSA) is 66.4 Å². The molecule has 0 aliphatic heterocycles. The summed E-state index contributed by atoms with van der Waals surface area (Å²) in [6, 6.07) is 5.27. The van der Waals surface area contributed by atoms with Crippen LogP contribution in [0.15, 0.2) is 22.7 Å². The largest absolute Gasteiger partial charge is 0.480 e. The van der Waals surface area contributed by atoms with E-state index in [0.29, 0.717) is 18.4 Å². The minimum absolute atomic E-state index is 0.315. The van der Waals surface area contributed by atoms with Gasteiger partial charge >= 0.3 is 5.97 Å². The molecule has 1 aromatic rings. The van der Waals surface area contributed by atoms with Crippen LogP contribution in [0.4, 0.5) is 0 Å². The summed E-state index contributed by atoms with van der Waals surface area (Å²) in [6.07, 6.45) is 3.72. The summed E-state index contributed by atoms with van der Waals surface area (Å²) in [5, 5.41) is 12.2. The van der Waals surface area contributed by atoms with Crippen molar-refractivity contribution in [3.63, 3.8) is 0 Å². The lowest BCUT2D eigenvalue weighted by molar-refractivity contribution is -0.145. The molecule has 0 radical (unpaired) electrons. The normalized spacial score (nSPS) is 17.5. The molecule has 20 heavy (non-hydrogen) atoms. The van der Waals surface area contributed by atoms with Crippen molar-refractivity contribution in [2.24, 2.45) is 0 Å². The predicted octanol–water partition coefficient (Wildman–Crippen LogP) is 3.27. The van der Waals surface area contributed by atoms with Crippen LogP contribution in [0.2, 0.25) is 0 Å². The highest BCUT2D eigenvalue weighted by molar-refractivity contribution is 9.10. The van der Waals surface area contributed by atoms with E-state index >= 15 is 0 Å². The quantitative estimate of drug-likeness (QED) is 0.887. The van der Waals surface area contributed by atoms with E-state index in [9.17, 15) is 14.7 Å². The summed E-state index contributed by atoms with van der Waals surface area (Å²) < 4.78 is 0.930. The Morgan fingerprint density at radius 2 is 1.90 bits per heavy atom. The second-order valence-corrected chi connectivity index (χ2v) is 6.22. The molecule has 0 bridgehead atoms. The molecule has 108 valence electrons. The molecule has 1 fully saturated rings. The molecular weight excluding hydrogens is 322 g/mol. The molecule has 0 aromatic heterocycles. The molecule has 1 aliphatic rings. The maximum Gasteiger partial charge on any atom is 0.329 e. The summed E-state index contributed by atoms with van der Waals surface area (Å²) in [5.41, 5.74) is 0.346. The van der Waals surface area contributed by atoms with Gasteiger partial charge in [-0.1, -0.05) is 35.2 Å². The average Bonchev–Trinajstić information content (AvgIpc) is 2.42. The Morgan fingerprint density at radius 3 is 2.45 bits per heavy atom. The van der Waals surface area contributed by atoms with Crippen LogP contribution in [0, 0.1) is 6.92 Å². The first-order chi connectivity index (χ1) is 9.44. The molecule has 1 aliphatic carbocycles. The molecule has 1 amide bonds. The smallest absolute Gasteiger partial charge is 0.329 e. The predicted molar refractivity (Wildman–Crippen MR) is 79.8 cm³/mol. The molecule has 0 heterocycles. The lowest BCUT2D eigenvalue weighted by Gasteiger charge is -2.34. The fraction of sp³-hybridized carbons (Fsp3) is 0.467. The SMILES string of the molecule is Cc1cc(C(=O)NC2(C(=O)O)CCCCC2)ccc1Br. The minimum atomic E-state index is -1.10. The Labute approximate surface area is 126 Å². The summed E-state index contributed by atoms with van der Waals surface area (Å²) in [7, 11) is 0. The number of aliphatic carboxylic acids is 1. The van der Waals surface area contributed by atoms with Gasteiger partial charge in [0.2, 0.25) is 0 Å². The van der Waals surface area contributed by atoms with Crippen LogP contribution in [0.5, 0.6) is 0 Å². The molecule has 1 saturated carbocycles. The molecule has 2 N–H and O–H groups in total. The van der Waals surface area contributed by atoms with Gasteiger partial charge < -0.3 is 10.4 Å². The van der Waals surface area contributed by atoms with E-state index in [0.717, 1.165) is 29.3 Å². The first-order valence-electron chi connectivity index (χ1n) is 6.77. The van der Waals surface area contributed by atoms with E-state index in [1.54, 1.807) is 18.2 Å². The van der Waals surface area contributed by atoms with E-state index in [-0.39, 0.29) is 5.91 Å². The van der Waals surface area contributed by atoms with E-state index in [4.69, 9.17) is 0 Å². The Hall–Kier alpha value is -1.36. The summed E-state index contributed by atoms with van der Waals surface area (Å²) in [4.78, 5) is 23.8. The number of hydrogen-bond acceptors (Lipinski definition) is 2. The van der Waals surface area contributed by atoms with Gasteiger partial charge in [-0.15, -0.1) is 0 Å². The third-order valence-corrected chi connectivity index (χ3v) is 4.78. The van der Waals surface area contributed by atoms with Gasteiger partial charge in [0, 0.05) is 10.0 Å². The Morgan fingerprint density at radius 1 is 1.25 bits per heavy atom. The molecule has 2 rings (SSSR count). The zero-order valence-electron chi connectivity index (χ0n) is 11.4. The van der Waals surface area contributed by atoms with Gasteiger partial charge in [-0.3, -0.25) is 4.79 Å². The molecule has 0 saturated heterocycles. The van der Waals surface area contributed by atoms with Gasteiger partial charge in [0.1, 0.15) is 5.54 Å². The van der Waals surface area contributed by atoms with Gasteiger partial charge in [0.15, 0.2) is 0 Å². The summed E-state index contributed by atoms with van der Waals surface area (Å²) >= 11 is 3.38. The van der Waals surface area contributed by atoms with Crippen molar-refractivity contribution in [3.05, 3.63) is 33.8 Å². The van der Waals surface area contributed by atoms with Gasteiger partial charge in [-0.25, -0.2) is 4.79 Å². The zero-order chi connectivity index (χ0) is 14.8. The maximum absolute atomic E-state index is 12.3. The minimum Gasteiger partial charge on any atom is -0.480 e. The molecule has 0 spiro atoms. The number of benzene rings is 1. The first-order valence-corrected chi connectivity index (χ1v) is 7.56. The Kier molecular flexibility index (Phi) is 4.48. The number of amides is 1. The zero-order valence-corrected chi connectivity index (χ0v) is 13.0. The van der Waals surface area contributed by atoms with Crippen molar-refractivity contribution in [1.82, 2.24) is 5.32 Å². The van der Waals surface area contributed by atoms with E-state index < -0.39 is 11.5 Å². The number of aryl methyl sites for hydroxylation is 1. The van der Waals surface area contributed by atoms with E-state index in [2.05, 4.69) is 21.2 Å². The number of hydrogen-bond donors (Lipinski definition) is 2. The van der Waals surface area contributed by atoms with Crippen molar-refractivity contribution in [2.45, 2.75) is 44.6 Å². The second kappa shape index (κ2) is 5.95. The number of halogens is 1.